The van der Waals surface area contributed by atoms with Crippen LogP contribution in [0.2, 0.25) is 0 Å². The maximum absolute atomic E-state index is 11.5. The smallest absolute Gasteiger partial charge is 0.744 e. The van der Waals surface area contributed by atoms with Crippen LogP contribution in [0.5, 0.6) is 11.5 Å². The van der Waals surface area contributed by atoms with Gasteiger partial charge < -0.3 is 9.29 Å². The molecule has 0 aromatic heterocycles. The number of para-hydroxylation sites is 1. The van der Waals surface area contributed by atoms with E-state index in [4.69, 9.17) is 4.74 Å². The second-order valence-electron chi connectivity index (χ2n) is 6.52. The van der Waals surface area contributed by atoms with Crippen molar-refractivity contribution in [1.82, 2.24) is 0 Å². The molecule has 27 heavy (non-hydrogen) atoms. The first-order valence-electron chi connectivity index (χ1n) is 9.32. The van der Waals surface area contributed by atoms with Gasteiger partial charge in [0.1, 0.15) is 21.6 Å². The fraction of sp³-hybridized carbons (Fsp3) is 0.429. The number of benzene rings is 2. The number of aryl methyl sites for hydroxylation is 1. The van der Waals surface area contributed by atoms with Gasteiger partial charge in [-0.05, 0) is 42.7 Å². The molecule has 6 heteroatoms. The zero-order chi connectivity index (χ0) is 18.8. The maximum atomic E-state index is 11.5. The molecule has 142 valence electrons. The van der Waals surface area contributed by atoms with Crippen LogP contribution in [0, 0.1) is 0 Å². The second kappa shape index (κ2) is 12.6. The Balaban J connectivity index is 0.00000364. The van der Waals surface area contributed by atoms with Gasteiger partial charge in [-0.15, -0.1) is 0 Å². The van der Waals surface area contributed by atoms with E-state index in [1.807, 2.05) is 6.07 Å². The summed E-state index contributed by atoms with van der Waals surface area (Å²) in [6, 6.07) is 13.6. The molecule has 0 saturated carbocycles. The molecule has 0 spiro atoms. The molecule has 0 unspecified atom stereocenters. The van der Waals surface area contributed by atoms with Crippen LogP contribution in [0.3, 0.4) is 0 Å². The minimum absolute atomic E-state index is 0. The van der Waals surface area contributed by atoms with Gasteiger partial charge >= 0.3 is 29.6 Å². The van der Waals surface area contributed by atoms with Crippen LogP contribution in [0.15, 0.2) is 53.4 Å². The summed E-state index contributed by atoms with van der Waals surface area (Å²) in [5.41, 5.74) is 0.983. The van der Waals surface area contributed by atoms with Gasteiger partial charge in [-0.3, -0.25) is 0 Å². The molecule has 0 bridgehead atoms. The van der Waals surface area contributed by atoms with Crippen LogP contribution >= 0.6 is 0 Å². The molecular weight excluding hydrogens is 371 g/mol. The van der Waals surface area contributed by atoms with E-state index in [1.165, 1.54) is 38.2 Å². The van der Waals surface area contributed by atoms with E-state index in [0.29, 0.717) is 5.75 Å². The van der Waals surface area contributed by atoms with Crippen LogP contribution in [0.25, 0.3) is 0 Å². The van der Waals surface area contributed by atoms with E-state index in [0.717, 1.165) is 24.8 Å². The molecule has 2 rings (SSSR count). The molecule has 0 heterocycles. The topological polar surface area (TPSA) is 66.4 Å². The largest absolute Gasteiger partial charge is 1.00 e. The third-order valence-electron chi connectivity index (χ3n) is 4.32. The molecule has 0 amide bonds. The molecule has 0 radical (unpaired) electrons. The van der Waals surface area contributed by atoms with Gasteiger partial charge in [-0.25, -0.2) is 8.42 Å². The Morgan fingerprint density at radius 2 is 1.52 bits per heavy atom. The molecule has 0 N–H and O–H groups in total. The number of ether oxygens (including phenoxy) is 1. The molecule has 2 aromatic carbocycles. The van der Waals surface area contributed by atoms with Crippen molar-refractivity contribution in [2.24, 2.45) is 0 Å². The maximum Gasteiger partial charge on any atom is 1.00 e. The summed E-state index contributed by atoms with van der Waals surface area (Å²) in [4.78, 5) is -0.315. The normalized spacial score (nSPS) is 11.0. The number of unbranched alkanes of at least 4 members (excludes halogenated alkanes) is 6. The van der Waals surface area contributed by atoms with Gasteiger partial charge in [-0.2, -0.15) is 0 Å². The molecule has 0 aliphatic rings. The minimum atomic E-state index is -4.58. The number of hydrogen-bond donors (Lipinski definition) is 0. The van der Waals surface area contributed by atoms with Crippen molar-refractivity contribution in [2.75, 3.05) is 0 Å². The van der Waals surface area contributed by atoms with Gasteiger partial charge in [0.2, 0.25) is 0 Å². The Morgan fingerprint density at radius 3 is 2.15 bits per heavy atom. The Labute approximate surface area is 185 Å². The van der Waals surface area contributed by atoms with E-state index in [-0.39, 0.29) is 40.2 Å². The first kappa shape index (κ1) is 24.2. The average Bonchev–Trinajstić information content (AvgIpc) is 2.61. The van der Waals surface area contributed by atoms with Crippen LogP contribution in [0.1, 0.15) is 57.4 Å². The third-order valence-corrected chi connectivity index (χ3v) is 5.19. The van der Waals surface area contributed by atoms with Crippen molar-refractivity contribution < 1.29 is 47.3 Å². The van der Waals surface area contributed by atoms with Crippen molar-refractivity contribution in [3.8, 4) is 11.5 Å². The summed E-state index contributed by atoms with van der Waals surface area (Å²) in [5.74, 6) is 0.608. The summed E-state index contributed by atoms with van der Waals surface area (Å²) in [6.45, 7) is 2.21. The molecule has 0 fully saturated rings. The molecule has 4 nitrogen and oxygen atoms in total. The predicted molar refractivity (Wildman–Crippen MR) is 103 cm³/mol. The fourth-order valence-electron chi connectivity index (χ4n) is 2.90. The molecule has 0 saturated heterocycles. The Morgan fingerprint density at radius 1 is 0.889 bits per heavy atom. The average molecular weight is 399 g/mol. The molecule has 0 aliphatic heterocycles. The Bertz CT molecular complexity index is 776. The van der Waals surface area contributed by atoms with E-state index < -0.39 is 10.1 Å². The fourth-order valence-corrected chi connectivity index (χ4v) is 3.48. The van der Waals surface area contributed by atoms with Crippen LogP contribution in [-0.4, -0.2) is 13.0 Å². The molecule has 2 aromatic rings. The van der Waals surface area contributed by atoms with Gasteiger partial charge in [-0.1, -0.05) is 69.7 Å². The summed E-state index contributed by atoms with van der Waals surface area (Å²) in [5, 5.41) is 0. The van der Waals surface area contributed by atoms with Crippen molar-refractivity contribution in [3.63, 3.8) is 0 Å². The number of rotatable bonds is 11. The van der Waals surface area contributed by atoms with Crippen molar-refractivity contribution in [1.29, 1.82) is 0 Å². The Kier molecular flexibility index (Phi) is 11.3. The van der Waals surface area contributed by atoms with Crippen molar-refractivity contribution in [3.05, 3.63) is 54.1 Å². The monoisotopic (exact) mass is 398 g/mol. The van der Waals surface area contributed by atoms with E-state index in [1.54, 1.807) is 36.4 Å². The van der Waals surface area contributed by atoms with E-state index in [2.05, 4.69) is 6.92 Å². The zero-order valence-electron chi connectivity index (χ0n) is 16.3. The van der Waals surface area contributed by atoms with Crippen LogP contribution in [0.4, 0.5) is 0 Å². The van der Waals surface area contributed by atoms with Crippen molar-refractivity contribution >= 4 is 10.1 Å². The quantitative estimate of drug-likeness (QED) is 0.332. The minimum Gasteiger partial charge on any atom is -0.744 e. The number of hydrogen-bond acceptors (Lipinski definition) is 4. The standard InChI is InChI=1S/C21H28O4S.Na/c1-2-3-4-5-6-7-9-12-18-15-16-21(26(22,23)24)20(17-18)25-19-13-10-8-11-14-19;/h8,10-11,13-17H,2-7,9,12H2,1H3,(H,22,23,24);/q;+1/p-1. The summed E-state index contributed by atoms with van der Waals surface area (Å²) >= 11 is 0. The van der Waals surface area contributed by atoms with Gasteiger partial charge in [0.15, 0.2) is 0 Å². The summed E-state index contributed by atoms with van der Waals surface area (Å²) in [6.07, 6.45) is 9.37. The molecule has 0 atom stereocenters. The van der Waals surface area contributed by atoms with E-state index >= 15 is 0 Å². The van der Waals surface area contributed by atoms with E-state index in [9.17, 15) is 13.0 Å². The van der Waals surface area contributed by atoms with Crippen LogP contribution in [-0.2, 0) is 16.5 Å². The summed E-state index contributed by atoms with van der Waals surface area (Å²) in [7, 11) is -4.58. The van der Waals surface area contributed by atoms with Gasteiger partial charge in [0.25, 0.3) is 0 Å². The van der Waals surface area contributed by atoms with Crippen LogP contribution < -0.4 is 34.3 Å². The van der Waals surface area contributed by atoms with Gasteiger partial charge in [0.05, 0.1) is 4.90 Å². The summed E-state index contributed by atoms with van der Waals surface area (Å²) < 4.78 is 40.2. The first-order chi connectivity index (χ1) is 12.5. The Hall–Kier alpha value is -0.850. The van der Waals surface area contributed by atoms with Crippen molar-refractivity contribution in [2.45, 2.75) is 63.2 Å². The first-order valence-corrected chi connectivity index (χ1v) is 10.7. The molecular formula is C21H27NaO4S. The third kappa shape index (κ3) is 8.79. The second-order valence-corrected chi connectivity index (χ2v) is 7.87. The zero-order valence-corrected chi connectivity index (χ0v) is 19.1. The van der Waals surface area contributed by atoms with Gasteiger partial charge in [0, 0.05) is 0 Å². The SMILES string of the molecule is CCCCCCCCCc1ccc(S(=O)(=O)[O-])c(Oc2ccccc2)c1.[Na+]. The molecule has 0 aliphatic carbocycles. The predicted octanol–water partition coefficient (Wildman–Crippen LogP) is 2.68.